The number of anilines is 1. The van der Waals surface area contributed by atoms with Gasteiger partial charge in [-0.25, -0.2) is 9.59 Å². The number of hydrogen-bond donors (Lipinski definition) is 1. The number of thioether (sulfide) groups is 1. The van der Waals surface area contributed by atoms with Gasteiger partial charge in [-0.1, -0.05) is 36.0 Å². The van der Waals surface area contributed by atoms with Gasteiger partial charge in [-0.2, -0.15) is 0 Å². The van der Waals surface area contributed by atoms with E-state index in [0.29, 0.717) is 5.56 Å². The van der Waals surface area contributed by atoms with Gasteiger partial charge in [-0.05, 0) is 24.1 Å². The Bertz CT molecular complexity index is 1680. The quantitative estimate of drug-likeness (QED) is 0.257. The second-order valence-corrected chi connectivity index (χ2v) is 9.20. The molecule has 2 aromatic carbocycles. The second-order valence-electron chi connectivity index (χ2n) is 8.09. The first-order chi connectivity index (χ1) is 18.6. The van der Waals surface area contributed by atoms with Gasteiger partial charge in [0.1, 0.15) is 10.2 Å². The maximum atomic E-state index is 13.9. The standard InChI is InChI=1S/C25H20N4O9S/c1-3-38-24(31)20-18(26)17(11-13-6-4-8-15(10-13)28(33)34)19-22(25(32)37-2)39-21(23(30)27(19)20)14-7-5-9-16(12-14)29(35)36/h4-12,21H,3,26H2,1-2H3/b17-11+/t21-/m0/s1. The van der Waals surface area contributed by atoms with Crippen LogP contribution in [-0.2, 0) is 14.3 Å². The highest BCUT2D eigenvalue weighted by molar-refractivity contribution is 8.10. The Hall–Kier alpha value is -4.98. The van der Waals surface area contributed by atoms with E-state index in [2.05, 4.69) is 0 Å². The molecule has 3 aromatic rings. The van der Waals surface area contributed by atoms with Crippen molar-refractivity contribution in [2.75, 3.05) is 19.5 Å². The number of nitrogen functional groups attached to an aromatic ring is 1. The summed E-state index contributed by atoms with van der Waals surface area (Å²) in [7, 11) is 1.13. The highest BCUT2D eigenvalue weighted by Gasteiger charge is 2.38. The first kappa shape index (κ1) is 27.1. The number of fused-ring (bicyclic) bond motifs is 1. The number of carbonyl (C=O) groups excluding carboxylic acids is 3. The smallest absolute Gasteiger partial charge is 0.357 e. The molecule has 14 heteroatoms. The Labute approximate surface area is 223 Å². The van der Waals surface area contributed by atoms with E-state index in [9.17, 15) is 34.6 Å². The van der Waals surface area contributed by atoms with Crippen molar-refractivity contribution in [3.8, 4) is 0 Å². The van der Waals surface area contributed by atoms with E-state index >= 15 is 0 Å². The van der Waals surface area contributed by atoms with Crippen LogP contribution in [0.1, 0.15) is 38.6 Å². The molecule has 200 valence electrons. The Morgan fingerprint density at radius 2 is 1.72 bits per heavy atom. The topological polar surface area (TPSA) is 187 Å². The second kappa shape index (κ2) is 10.8. The summed E-state index contributed by atoms with van der Waals surface area (Å²) >= 11 is 0.782. The number of nitrogens with zero attached hydrogens (tertiary/aromatic N) is 3. The lowest BCUT2D eigenvalue weighted by Gasteiger charge is -2.23. The fraction of sp³-hybridized carbons (Fsp3) is 0.160. The number of nitrogens with two attached hydrogens (primary N) is 1. The van der Waals surface area contributed by atoms with Crippen LogP contribution in [0.2, 0.25) is 0 Å². The van der Waals surface area contributed by atoms with Crippen LogP contribution >= 0.6 is 11.8 Å². The lowest BCUT2D eigenvalue weighted by molar-refractivity contribution is -0.385. The van der Waals surface area contributed by atoms with E-state index in [1.165, 1.54) is 48.5 Å². The van der Waals surface area contributed by atoms with Gasteiger partial charge >= 0.3 is 11.9 Å². The Morgan fingerprint density at radius 1 is 1.08 bits per heavy atom. The van der Waals surface area contributed by atoms with Crippen LogP contribution in [0.3, 0.4) is 0 Å². The van der Waals surface area contributed by atoms with Gasteiger partial charge < -0.3 is 15.2 Å². The summed E-state index contributed by atoms with van der Waals surface area (Å²) in [5.41, 5.74) is 5.84. The molecular formula is C25H20N4O9S. The minimum Gasteiger partial charge on any atom is -0.465 e. The zero-order valence-corrected chi connectivity index (χ0v) is 21.3. The minimum atomic E-state index is -1.18. The van der Waals surface area contributed by atoms with Crippen molar-refractivity contribution in [1.82, 2.24) is 4.57 Å². The van der Waals surface area contributed by atoms with Crippen LogP contribution < -0.4 is 16.3 Å². The third-order valence-corrected chi connectivity index (χ3v) is 7.06. The average Bonchev–Trinajstić information content (AvgIpc) is 3.21. The molecule has 0 spiro atoms. The molecule has 4 rings (SSSR count). The fourth-order valence-corrected chi connectivity index (χ4v) is 5.30. The zero-order valence-electron chi connectivity index (χ0n) is 20.5. The molecule has 1 atom stereocenters. The number of nitro benzene ring substituents is 2. The van der Waals surface area contributed by atoms with Crippen LogP contribution in [0.15, 0.2) is 48.5 Å². The molecule has 0 aliphatic carbocycles. The number of rotatable bonds is 7. The molecule has 1 aliphatic heterocycles. The third kappa shape index (κ3) is 4.96. The number of carbonyl (C=O) groups is 3. The average molecular weight is 553 g/mol. The highest BCUT2D eigenvalue weighted by Crippen LogP contribution is 2.40. The number of hydrogen-bond acceptors (Lipinski definition) is 11. The van der Waals surface area contributed by atoms with Crippen molar-refractivity contribution in [2.24, 2.45) is 0 Å². The van der Waals surface area contributed by atoms with Gasteiger partial charge in [0, 0.05) is 29.5 Å². The van der Waals surface area contributed by atoms with Crippen LogP contribution in [-0.4, -0.2) is 46.0 Å². The molecule has 13 nitrogen and oxygen atoms in total. The predicted molar refractivity (Wildman–Crippen MR) is 140 cm³/mol. The number of ether oxygens (including phenoxy) is 2. The summed E-state index contributed by atoms with van der Waals surface area (Å²) in [6.07, 6.45) is 1.40. The van der Waals surface area contributed by atoms with E-state index in [1.807, 2.05) is 0 Å². The summed E-state index contributed by atoms with van der Waals surface area (Å²) in [4.78, 5) is 61.2. The number of aromatic nitrogens is 1. The van der Waals surface area contributed by atoms with Crippen molar-refractivity contribution < 1.29 is 33.7 Å². The van der Waals surface area contributed by atoms with Gasteiger partial charge in [0.05, 0.1) is 34.6 Å². The number of non-ortho nitro benzene ring substituents is 2. The molecule has 1 aliphatic rings. The van der Waals surface area contributed by atoms with Crippen molar-refractivity contribution >= 4 is 57.7 Å². The molecule has 0 unspecified atom stereocenters. The van der Waals surface area contributed by atoms with E-state index in [4.69, 9.17) is 15.2 Å². The number of benzene rings is 2. The third-order valence-electron chi connectivity index (χ3n) is 5.76. The number of esters is 2. The lowest BCUT2D eigenvalue weighted by atomic mass is 10.1. The van der Waals surface area contributed by atoms with Crippen molar-refractivity contribution in [2.45, 2.75) is 12.2 Å². The molecular weight excluding hydrogens is 532 g/mol. The predicted octanol–water partition coefficient (Wildman–Crippen LogP) is 2.30. The van der Waals surface area contributed by atoms with Gasteiger partial charge in [-0.15, -0.1) is 0 Å². The number of nitro groups is 2. The zero-order chi connectivity index (χ0) is 28.4. The Morgan fingerprint density at radius 3 is 2.33 bits per heavy atom. The molecule has 0 bridgehead atoms. The highest BCUT2D eigenvalue weighted by atomic mass is 32.2. The van der Waals surface area contributed by atoms with Gasteiger partial charge in [0.15, 0.2) is 5.69 Å². The van der Waals surface area contributed by atoms with E-state index in [1.54, 1.807) is 13.0 Å². The first-order valence-electron chi connectivity index (χ1n) is 11.3. The summed E-state index contributed by atoms with van der Waals surface area (Å²) in [5, 5.41) is 21.4. The van der Waals surface area contributed by atoms with Crippen LogP contribution in [0.25, 0.3) is 11.0 Å². The van der Waals surface area contributed by atoms with Crippen molar-refractivity contribution in [1.29, 1.82) is 0 Å². The molecule has 0 saturated heterocycles. The monoisotopic (exact) mass is 552 g/mol. The summed E-state index contributed by atoms with van der Waals surface area (Å²) < 4.78 is 11.0. The normalized spacial score (nSPS) is 15.0. The van der Waals surface area contributed by atoms with Crippen LogP contribution in [0.4, 0.5) is 17.1 Å². The maximum Gasteiger partial charge on any atom is 0.357 e. The van der Waals surface area contributed by atoms with Crippen molar-refractivity contribution in [3.63, 3.8) is 0 Å². The Kier molecular flexibility index (Phi) is 7.49. The van der Waals surface area contributed by atoms with Gasteiger partial charge in [-0.3, -0.25) is 29.6 Å². The molecule has 0 saturated carbocycles. The number of methoxy groups -OCH3 is 1. The molecule has 0 fully saturated rings. The Balaban J connectivity index is 2.09. The molecule has 2 N–H and O–H groups in total. The summed E-state index contributed by atoms with van der Waals surface area (Å²) in [5.74, 6) is -2.51. The van der Waals surface area contributed by atoms with Crippen molar-refractivity contribution in [3.05, 3.63) is 96.1 Å². The largest absolute Gasteiger partial charge is 0.465 e. The van der Waals surface area contributed by atoms with E-state index < -0.39 is 32.9 Å². The molecule has 0 radical (unpaired) electrons. The van der Waals surface area contributed by atoms with Crippen LogP contribution in [0, 0.1) is 20.2 Å². The van der Waals surface area contributed by atoms with E-state index in [-0.39, 0.29) is 50.4 Å². The van der Waals surface area contributed by atoms with E-state index in [0.717, 1.165) is 23.4 Å². The van der Waals surface area contributed by atoms with Crippen LogP contribution in [0.5, 0.6) is 0 Å². The van der Waals surface area contributed by atoms with Gasteiger partial charge in [0.2, 0.25) is 5.91 Å². The lowest BCUT2D eigenvalue weighted by Crippen LogP contribution is -2.42. The summed E-state index contributed by atoms with van der Waals surface area (Å²) in [6.45, 7) is 1.51. The maximum absolute atomic E-state index is 13.9. The van der Waals surface area contributed by atoms with Gasteiger partial charge in [0.25, 0.3) is 11.4 Å². The first-order valence-corrected chi connectivity index (χ1v) is 12.2. The molecule has 0 amide bonds. The minimum absolute atomic E-state index is 0.0481. The summed E-state index contributed by atoms with van der Waals surface area (Å²) in [6, 6.07) is 10.9. The molecule has 39 heavy (non-hydrogen) atoms. The fourth-order valence-electron chi connectivity index (χ4n) is 4.08. The molecule has 2 heterocycles. The molecule has 1 aromatic heterocycles. The SMILES string of the molecule is CCOC(=O)c1c(N)/c(=C\c2cccc([N+](=O)[O-])c2)c2n1C(=O)[C@H](c1cccc([N+](=O)[O-])c1)SC=2C(=O)OC.